The van der Waals surface area contributed by atoms with Crippen molar-refractivity contribution in [3.05, 3.63) is 48.1 Å². The molecule has 0 amide bonds. The van der Waals surface area contributed by atoms with E-state index in [1.807, 2.05) is 25.1 Å². The molecule has 1 aromatic rings. The SMILES string of the molecule is [CH-]=CC(=C[CH]=[W])c1ccc(OC)c(C)c1. The number of hydrogen-bond donors (Lipinski definition) is 0. The van der Waals surface area contributed by atoms with Crippen molar-refractivity contribution in [2.75, 3.05) is 7.11 Å². The standard InChI is InChI=1S/C13H13O.W/c1-5-11(6-2)12-7-8-13(14-4)10(3)9-12;/h1-2,5-9H,3-4H3;/q-1;. The summed E-state index contributed by atoms with van der Waals surface area (Å²) in [7, 11) is 1.68. The van der Waals surface area contributed by atoms with Gasteiger partial charge in [-0.25, -0.2) is 0 Å². The summed E-state index contributed by atoms with van der Waals surface area (Å²) in [5.41, 5.74) is 3.27. The van der Waals surface area contributed by atoms with Crippen LogP contribution in [0.1, 0.15) is 11.1 Å². The van der Waals surface area contributed by atoms with E-state index in [9.17, 15) is 0 Å². The van der Waals surface area contributed by atoms with Gasteiger partial charge in [0, 0.05) is 0 Å². The molecule has 1 aromatic carbocycles. The monoisotopic (exact) mass is 369 g/mol. The molecule has 0 aromatic heterocycles. The molecular weight excluding hydrogens is 356 g/mol. The Hall–Kier alpha value is -0.942. The van der Waals surface area contributed by atoms with E-state index in [2.05, 4.69) is 10.5 Å². The van der Waals surface area contributed by atoms with E-state index >= 15 is 0 Å². The predicted molar refractivity (Wildman–Crippen MR) is 60.6 cm³/mol. The summed E-state index contributed by atoms with van der Waals surface area (Å²) >= 11 is 1.41. The minimum absolute atomic E-state index is 0.904. The topological polar surface area (TPSA) is 9.23 Å². The first-order chi connectivity index (χ1) is 7.22. The van der Waals surface area contributed by atoms with Gasteiger partial charge in [0.15, 0.2) is 0 Å². The third kappa shape index (κ3) is 3.00. The summed E-state index contributed by atoms with van der Waals surface area (Å²) in [5.74, 6) is 0.904. The van der Waals surface area contributed by atoms with Crippen LogP contribution in [0.15, 0.2) is 30.4 Å². The molecule has 0 aliphatic carbocycles. The zero-order chi connectivity index (χ0) is 11.3. The Labute approximate surface area is 102 Å². The molecule has 0 fully saturated rings. The van der Waals surface area contributed by atoms with Crippen molar-refractivity contribution in [1.29, 1.82) is 0 Å². The van der Waals surface area contributed by atoms with Crippen LogP contribution in [-0.4, -0.2) is 11.5 Å². The van der Waals surface area contributed by atoms with E-state index < -0.39 is 0 Å². The predicted octanol–water partition coefficient (Wildman–Crippen LogP) is 2.73. The maximum absolute atomic E-state index is 5.58. The molecule has 1 nitrogen and oxygen atoms in total. The first-order valence-electron chi connectivity index (χ1n) is 4.58. The van der Waals surface area contributed by atoms with E-state index in [1.165, 1.54) is 19.4 Å². The van der Waals surface area contributed by atoms with Crippen molar-refractivity contribution >= 4 is 9.97 Å². The fraction of sp³-hybridized carbons (Fsp3) is 0.154. The Kier molecular flexibility index (Phi) is 4.71. The van der Waals surface area contributed by atoms with Crippen molar-refractivity contribution in [2.45, 2.75) is 6.92 Å². The van der Waals surface area contributed by atoms with Gasteiger partial charge in [-0.1, -0.05) is 0 Å². The zero-order valence-electron chi connectivity index (χ0n) is 8.86. The normalized spacial score (nSPS) is 10.9. The van der Waals surface area contributed by atoms with E-state index in [0.717, 1.165) is 22.4 Å². The summed E-state index contributed by atoms with van der Waals surface area (Å²) in [6.07, 6.45) is 3.65. The molecule has 0 aliphatic heterocycles. The van der Waals surface area contributed by atoms with Crippen LogP contribution in [0.2, 0.25) is 0 Å². The van der Waals surface area contributed by atoms with Crippen molar-refractivity contribution in [2.24, 2.45) is 0 Å². The number of aryl methyl sites for hydroxylation is 1. The molecule has 0 aliphatic rings. The Morgan fingerprint density at radius 1 is 1.47 bits per heavy atom. The maximum atomic E-state index is 5.58. The van der Waals surface area contributed by atoms with Crippen LogP contribution in [0.4, 0.5) is 0 Å². The zero-order valence-corrected chi connectivity index (χ0v) is 11.8. The Bertz CT molecular complexity index is 405. The molecule has 15 heavy (non-hydrogen) atoms. The number of methoxy groups -OCH3 is 1. The van der Waals surface area contributed by atoms with Crippen LogP contribution in [0, 0.1) is 13.5 Å². The molecule has 0 radical (unpaired) electrons. The second-order valence-corrected chi connectivity index (χ2v) is 4.09. The van der Waals surface area contributed by atoms with Gasteiger partial charge >= 0.3 is 102 Å². The molecule has 0 bridgehead atoms. The Morgan fingerprint density at radius 3 is 2.67 bits per heavy atom. The molecular formula is C13H13OW-. The first-order valence-corrected chi connectivity index (χ1v) is 6.27. The van der Waals surface area contributed by atoms with Gasteiger partial charge in [-0.3, -0.25) is 0 Å². The summed E-state index contributed by atoms with van der Waals surface area (Å²) in [5, 5.41) is 0. The van der Waals surface area contributed by atoms with Crippen molar-refractivity contribution < 1.29 is 24.1 Å². The second kappa shape index (κ2) is 5.82. The number of rotatable bonds is 4. The third-order valence-corrected chi connectivity index (χ3v) is 2.64. The van der Waals surface area contributed by atoms with E-state index in [4.69, 9.17) is 11.3 Å². The summed E-state index contributed by atoms with van der Waals surface area (Å²) in [4.78, 5) is 0. The Balaban J connectivity index is 3.16. The first kappa shape index (κ1) is 12.1. The van der Waals surface area contributed by atoms with Crippen molar-refractivity contribution in [3.8, 4) is 5.75 Å². The minimum atomic E-state index is 0.904. The van der Waals surface area contributed by atoms with Crippen LogP contribution in [-0.2, 0) is 19.4 Å². The quantitative estimate of drug-likeness (QED) is 0.586. The van der Waals surface area contributed by atoms with E-state index in [0.29, 0.717) is 0 Å². The third-order valence-electron chi connectivity index (χ3n) is 2.16. The van der Waals surface area contributed by atoms with Crippen LogP contribution in [0.5, 0.6) is 5.75 Å². The van der Waals surface area contributed by atoms with Gasteiger partial charge in [-0.05, 0) is 0 Å². The summed E-state index contributed by atoms with van der Waals surface area (Å²) in [6, 6.07) is 6.05. The molecule has 78 valence electrons. The summed E-state index contributed by atoms with van der Waals surface area (Å²) < 4.78 is 7.26. The number of hydrogen-bond acceptors (Lipinski definition) is 1. The molecule has 1 rings (SSSR count). The van der Waals surface area contributed by atoms with Gasteiger partial charge in [-0.15, -0.1) is 0 Å². The Morgan fingerprint density at radius 2 is 2.20 bits per heavy atom. The molecule has 0 unspecified atom stereocenters. The molecule has 0 N–H and O–H groups in total. The number of ether oxygens (including phenoxy) is 1. The van der Waals surface area contributed by atoms with Crippen LogP contribution < -0.4 is 4.74 Å². The van der Waals surface area contributed by atoms with Gasteiger partial charge in [0.2, 0.25) is 0 Å². The molecule has 0 atom stereocenters. The fourth-order valence-corrected chi connectivity index (χ4v) is 1.91. The fourth-order valence-electron chi connectivity index (χ4n) is 1.38. The van der Waals surface area contributed by atoms with Crippen molar-refractivity contribution in [3.63, 3.8) is 0 Å². The second-order valence-electron chi connectivity index (χ2n) is 3.11. The molecule has 2 heteroatoms. The average molecular weight is 369 g/mol. The molecule has 0 heterocycles. The van der Waals surface area contributed by atoms with Crippen LogP contribution >= 0.6 is 0 Å². The molecule has 0 saturated carbocycles. The number of allylic oxidation sites excluding steroid dienone is 3. The van der Waals surface area contributed by atoms with Gasteiger partial charge in [0.1, 0.15) is 0 Å². The summed E-state index contributed by atoms with van der Waals surface area (Å²) in [6.45, 7) is 7.60. The van der Waals surface area contributed by atoms with E-state index in [1.54, 1.807) is 13.2 Å². The molecule has 0 spiro atoms. The van der Waals surface area contributed by atoms with Crippen LogP contribution in [0.3, 0.4) is 0 Å². The van der Waals surface area contributed by atoms with Crippen LogP contribution in [0.25, 0.3) is 5.57 Å². The number of benzene rings is 1. The van der Waals surface area contributed by atoms with Gasteiger partial charge in [0.05, 0.1) is 0 Å². The average Bonchev–Trinajstić information content (AvgIpc) is 2.25. The van der Waals surface area contributed by atoms with Gasteiger partial charge < -0.3 is 0 Å². The van der Waals surface area contributed by atoms with Gasteiger partial charge in [0.25, 0.3) is 0 Å². The van der Waals surface area contributed by atoms with Gasteiger partial charge in [-0.2, -0.15) is 0 Å². The van der Waals surface area contributed by atoms with Crippen molar-refractivity contribution in [1.82, 2.24) is 0 Å². The molecule has 0 saturated heterocycles. The van der Waals surface area contributed by atoms with E-state index in [-0.39, 0.29) is 0 Å².